The lowest BCUT2D eigenvalue weighted by Crippen LogP contribution is -2.37. The van der Waals surface area contributed by atoms with Crippen molar-refractivity contribution in [1.29, 1.82) is 0 Å². The van der Waals surface area contributed by atoms with Crippen LogP contribution < -0.4 is 5.32 Å². The van der Waals surface area contributed by atoms with Crippen LogP contribution in [0.1, 0.15) is 27.3 Å². The van der Waals surface area contributed by atoms with E-state index in [1.165, 1.54) is 5.56 Å². The van der Waals surface area contributed by atoms with E-state index >= 15 is 0 Å². The maximum absolute atomic E-state index is 12.7. The van der Waals surface area contributed by atoms with E-state index in [4.69, 9.17) is 4.74 Å². The predicted molar refractivity (Wildman–Crippen MR) is 116 cm³/mol. The lowest BCUT2D eigenvalue weighted by molar-refractivity contribution is 0.0384. The molecule has 1 aliphatic heterocycles. The van der Waals surface area contributed by atoms with Crippen LogP contribution >= 0.6 is 0 Å². The molecular formula is C23H27N5O2. The number of aryl methyl sites for hydroxylation is 1. The molecule has 7 heteroatoms. The van der Waals surface area contributed by atoms with Gasteiger partial charge in [0.25, 0.3) is 5.91 Å². The second kappa shape index (κ2) is 9.19. The average Bonchev–Trinajstić information content (AvgIpc) is 3.15. The quantitative estimate of drug-likeness (QED) is 0.683. The molecule has 0 saturated carbocycles. The van der Waals surface area contributed by atoms with Crippen molar-refractivity contribution in [3.8, 4) is 5.69 Å². The van der Waals surface area contributed by atoms with Gasteiger partial charge in [0.2, 0.25) is 0 Å². The normalized spacial score (nSPS) is 14.6. The molecule has 156 valence electrons. The molecule has 0 spiro atoms. The smallest absolute Gasteiger partial charge is 0.278 e. The second-order valence-electron chi connectivity index (χ2n) is 7.63. The molecule has 0 atom stereocenters. The minimum atomic E-state index is -0.257. The summed E-state index contributed by atoms with van der Waals surface area (Å²) in [4.78, 5) is 15.1. The fraction of sp³-hybridized carbons (Fsp3) is 0.348. The number of aromatic nitrogens is 3. The van der Waals surface area contributed by atoms with Crippen molar-refractivity contribution in [2.24, 2.45) is 0 Å². The molecule has 2 heterocycles. The highest BCUT2D eigenvalue weighted by Gasteiger charge is 2.17. The van der Waals surface area contributed by atoms with Gasteiger partial charge in [0.1, 0.15) is 0 Å². The minimum Gasteiger partial charge on any atom is -0.379 e. The number of nitrogens with zero attached hydrogens (tertiary/aromatic N) is 4. The summed E-state index contributed by atoms with van der Waals surface area (Å²) in [5.74, 6) is -0.257. The first-order valence-corrected chi connectivity index (χ1v) is 10.3. The Bertz CT molecular complexity index is 1010. The number of benzene rings is 2. The summed E-state index contributed by atoms with van der Waals surface area (Å²) in [5, 5.41) is 11.2. The molecule has 0 aliphatic carbocycles. The Hall–Kier alpha value is -3.03. The topological polar surface area (TPSA) is 72.3 Å². The van der Waals surface area contributed by atoms with Crippen LogP contribution in [0.5, 0.6) is 0 Å². The third-order valence-corrected chi connectivity index (χ3v) is 5.39. The fourth-order valence-corrected chi connectivity index (χ4v) is 3.60. The SMILES string of the molecule is Cc1cccc(-n2nnc(C(=O)Nc3ccc(CCN4CCOCC4)cc3)c2C)c1. The number of carbonyl (C=O) groups is 1. The van der Waals surface area contributed by atoms with Crippen molar-refractivity contribution in [2.75, 3.05) is 38.2 Å². The van der Waals surface area contributed by atoms with Crippen LogP contribution in [0.15, 0.2) is 48.5 Å². The minimum absolute atomic E-state index is 0.257. The number of morpholine rings is 1. The van der Waals surface area contributed by atoms with Crippen LogP contribution in [0.25, 0.3) is 5.69 Å². The summed E-state index contributed by atoms with van der Waals surface area (Å²) in [6, 6.07) is 15.9. The molecule has 0 unspecified atom stereocenters. The molecule has 0 bridgehead atoms. The van der Waals surface area contributed by atoms with Gasteiger partial charge in [-0.2, -0.15) is 0 Å². The number of rotatable bonds is 6. The van der Waals surface area contributed by atoms with Crippen LogP contribution in [0.4, 0.5) is 5.69 Å². The highest BCUT2D eigenvalue weighted by atomic mass is 16.5. The van der Waals surface area contributed by atoms with Gasteiger partial charge in [-0.1, -0.05) is 29.5 Å². The maximum atomic E-state index is 12.7. The van der Waals surface area contributed by atoms with Crippen molar-refractivity contribution >= 4 is 11.6 Å². The van der Waals surface area contributed by atoms with Gasteiger partial charge >= 0.3 is 0 Å². The molecule has 4 rings (SSSR count). The van der Waals surface area contributed by atoms with Crippen molar-refractivity contribution in [3.05, 3.63) is 71.0 Å². The Morgan fingerprint density at radius 3 is 2.60 bits per heavy atom. The van der Waals surface area contributed by atoms with Gasteiger partial charge in [-0.25, -0.2) is 4.68 Å². The van der Waals surface area contributed by atoms with E-state index in [2.05, 4.69) is 32.7 Å². The molecule has 1 aliphatic rings. The molecule has 1 fully saturated rings. The summed E-state index contributed by atoms with van der Waals surface area (Å²) >= 11 is 0. The standard InChI is InChI=1S/C23H27N5O2/c1-17-4-3-5-21(16-17)28-18(2)22(25-26-28)23(29)24-20-8-6-19(7-9-20)10-11-27-12-14-30-15-13-27/h3-9,16H,10-15H2,1-2H3,(H,24,29). The fourth-order valence-electron chi connectivity index (χ4n) is 3.60. The van der Waals surface area contributed by atoms with Gasteiger partial charge in [-0.3, -0.25) is 9.69 Å². The van der Waals surface area contributed by atoms with Gasteiger partial charge in [0.05, 0.1) is 24.6 Å². The zero-order chi connectivity index (χ0) is 20.9. The number of nitrogens with one attached hydrogen (secondary N) is 1. The van der Waals surface area contributed by atoms with E-state index < -0.39 is 0 Å². The van der Waals surface area contributed by atoms with Crippen LogP contribution in [-0.4, -0.2) is 58.6 Å². The summed E-state index contributed by atoms with van der Waals surface area (Å²) in [6.07, 6.45) is 0.984. The highest BCUT2D eigenvalue weighted by Crippen LogP contribution is 2.16. The molecule has 3 aromatic rings. The molecule has 1 amide bonds. The van der Waals surface area contributed by atoms with E-state index in [0.717, 1.165) is 56.2 Å². The van der Waals surface area contributed by atoms with Crippen molar-refractivity contribution in [3.63, 3.8) is 0 Å². The first-order valence-electron chi connectivity index (χ1n) is 10.3. The monoisotopic (exact) mass is 405 g/mol. The van der Waals surface area contributed by atoms with Crippen molar-refractivity contribution in [2.45, 2.75) is 20.3 Å². The van der Waals surface area contributed by atoms with Gasteiger partial charge < -0.3 is 10.1 Å². The van der Waals surface area contributed by atoms with Crippen molar-refractivity contribution < 1.29 is 9.53 Å². The highest BCUT2D eigenvalue weighted by molar-refractivity contribution is 6.03. The van der Waals surface area contributed by atoms with E-state index in [9.17, 15) is 4.79 Å². The number of ether oxygens (including phenoxy) is 1. The first-order chi connectivity index (χ1) is 14.6. The second-order valence-corrected chi connectivity index (χ2v) is 7.63. The van der Waals surface area contributed by atoms with Crippen LogP contribution in [0.3, 0.4) is 0 Å². The van der Waals surface area contributed by atoms with Crippen LogP contribution in [-0.2, 0) is 11.2 Å². The Morgan fingerprint density at radius 1 is 1.10 bits per heavy atom. The molecule has 30 heavy (non-hydrogen) atoms. The zero-order valence-corrected chi connectivity index (χ0v) is 17.5. The number of hydrogen-bond acceptors (Lipinski definition) is 5. The third-order valence-electron chi connectivity index (χ3n) is 5.39. The van der Waals surface area contributed by atoms with Gasteiger partial charge in [0, 0.05) is 25.3 Å². The Kier molecular flexibility index (Phi) is 6.21. The lowest BCUT2D eigenvalue weighted by atomic mass is 10.1. The number of hydrogen-bond donors (Lipinski definition) is 1. The maximum Gasteiger partial charge on any atom is 0.278 e. The Labute approximate surface area is 176 Å². The molecule has 1 aromatic heterocycles. The number of anilines is 1. The van der Waals surface area contributed by atoms with E-state index in [0.29, 0.717) is 11.4 Å². The van der Waals surface area contributed by atoms with Gasteiger partial charge in [-0.15, -0.1) is 5.10 Å². The summed E-state index contributed by atoms with van der Waals surface area (Å²) in [6.45, 7) is 8.53. The number of carbonyl (C=O) groups excluding carboxylic acids is 1. The largest absolute Gasteiger partial charge is 0.379 e. The molecule has 1 saturated heterocycles. The Balaban J connectivity index is 1.38. The molecule has 1 N–H and O–H groups in total. The molecule has 2 aromatic carbocycles. The zero-order valence-electron chi connectivity index (χ0n) is 17.5. The third kappa shape index (κ3) is 4.75. The molecule has 7 nitrogen and oxygen atoms in total. The lowest BCUT2D eigenvalue weighted by Gasteiger charge is -2.26. The van der Waals surface area contributed by atoms with E-state index in [1.807, 2.05) is 50.2 Å². The van der Waals surface area contributed by atoms with Crippen LogP contribution in [0, 0.1) is 13.8 Å². The van der Waals surface area contributed by atoms with E-state index in [1.54, 1.807) is 4.68 Å². The summed E-state index contributed by atoms with van der Waals surface area (Å²) in [5.41, 5.74) is 5.06. The first kappa shape index (κ1) is 20.3. The summed E-state index contributed by atoms with van der Waals surface area (Å²) < 4.78 is 7.08. The molecule has 0 radical (unpaired) electrons. The average molecular weight is 406 g/mol. The number of amides is 1. The summed E-state index contributed by atoms with van der Waals surface area (Å²) in [7, 11) is 0. The van der Waals surface area contributed by atoms with Gasteiger partial charge in [-0.05, 0) is 55.7 Å². The van der Waals surface area contributed by atoms with Gasteiger partial charge in [0.15, 0.2) is 5.69 Å². The Morgan fingerprint density at radius 2 is 1.87 bits per heavy atom. The molecular weight excluding hydrogens is 378 g/mol. The van der Waals surface area contributed by atoms with Crippen molar-refractivity contribution in [1.82, 2.24) is 19.9 Å². The predicted octanol–water partition coefficient (Wildman–Crippen LogP) is 3.01. The van der Waals surface area contributed by atoms with Crippen LogP contribution in [0.2, 0.25) is 0 Å². The van der Waals surface area contributed by atoms with E-state index in [-0.39, 0.29) is 5.91 Å².